The zero-order valence-corrected chi connectivity index (χ0v) is 12.4. The van der Waals surface area contributed by atoms with E-state index in [-0.39, 0.29) is 18.4 Å². The Bertz CT molecular complexity index is 902. The fraction of sp³-hybridized carbons (Fsp3) is 0.333. The number of aromatic nitrogens is 8. The standard InChI is InChI=1S/C12H14N8O3/c1-3-22-11-8(7-23-10-4-5-13-15-10)9(6-14-16-11)20-12(21)19(2)17-18-20/h4-6H,3,7H2,1-2H3,(H,13,15)/i/hT. The van der Waals surface area contributed by atoms with Crippen molar-refractivity contribution in [3.05, 3.63) is 34.5 Å². The molecule has 11 heteroatoms. The number of hydrogen-bond donors (Lipinski definition) is 1. The van der Waals surface area contributed by atoms with Gasteiger partial charge in [-0.05, 0) is 17.4 Å². The van der Waals surface area contributed by atoms with E-state index in [1.807, 2.05) is 0 Å². The number of tetrazole rings is 1. The lowest BCUT2D eigenvalue weighted by atomic mass is 10.2. The number of nitrogens with one attached hydrogen (secondary N) is 1. The normalized spacial score (nSPS) is 11.3. The average Bonchev–Trinajstić information content (AvgIpc) is 3.13. The van der Waals surface area contributed by atoms with Crippen LogP contribution in [0.2, 0.25) is 1.41 Å². The lowest BCUT2D eigenvalue weighted by Crippen LogP contribution is -2.23. The first-order valence-electron chi connectivity index (χ1n) is 7.19. The molecule has 0 radical (unpaired) electrons. The third kappa shape index (κ3) is 2.88. The topological polar surface area (TPSA) is 126 Å². The summed E-state index contributed by atoms with van der Waals surface area (Å²) in [4.78, 5) is 12.1. The third-order valence-corrected chi connectivity index (χ3v) is 2.93. The van der Waals surface area contributed by atoms with Crippen LogP contribution < -0.4 is 15.2 Å². The Morgan fingerprint density at radius 2 is 2.26 bits per heavy atom. The molecule has 3 aromatic heterocycles. The summed E-state index contributed by atoms with van der Waals surface area (Å²) in [5.74, 6) is 0.472. The van der Waals surface area contributed by atoms with Crippen LogP contribution in [-0.2, 0) is 13.7 Å². The molecule has 0 aliphatic carbocycles. The molecule has 0 amide bonds. The largest absolute Gasteiger partial charge is 0.477 e. The molecule has 3 rings (SSSR count). The molecule has 1 N–H and O–H groups in total. The van der Waals surface area contributed by atoms with Crippen LogP contribution in [0.3, 0.4) is 0 Å². The van der Waals surface area contributed by atoms with Crippen molar-refractivity contribution in [3.8, 4) is 17.4 Å². The van der Waals surface area contributed by atoms with Crippen LogP contribution in [0.4, 0.5) is 0 Å². The maximum atomic E-state index is 12.1. The third-order valence-electron chi connectivity index (χ3n) is 2.93. The predicted molar refractivity (Wildman–Crippen MR) is 76.3 cm³/mol. The molecular formula is C12H14N8O3. The Labute approximate surface area is 131 Å². The number of nitrogens with zero attached hydrogens (tertiary/aromatic N) is 7. The summed E-state index contributed by atoms with van der Waals surface area (Å²) < 4.78 is 20.5. The number of hydrogen-bond acceptors (Lipinski definition) is 8. The second kappa shape index (κ2) is 6.25. The van der Waals surface area contributed by atoms with E-state index in [4.69, 9.17) is 10.9 Å². The quantitative estimate of drug-likeness (QED) is 0.641. The molecule has 0 aromatic carbocycles. The van der Waals surface area contributed by atoms with Crippen molar-refractivity contribution in [1.29, 1.82) is 0 Å². The van der Waals surface area contributed by atoms with Crippen molar-refractivity contribution in [2.75, 3.05) is 6.61 Å². The molecule has 0 fully saturated rings. The van der Waals surface area contributed by atoms with Crippen molar-refractivity contribution in [3.63, 3.8) is 0 Å². The summed E-state index contributed by atoms with van der Waals surface area (Å²) >= 11 is 0. The average molecular weight is 320 g/mol. The zero-order chi connectivity index (χ0) is 17.1. The zero-order valence-electron chi connectivity index (χ0n) is 13.4. The predicted octanol–water partition coefficient (Wildman–Crippen LogP) is -0.543. The van der Waals surface area contributed by atoms with Crippen LogP contribution in [-0.4, -0.2) is 46.8 Å². The molecule has 11 nitrogen and oxygen atoms in total. The summed E-state index contributed by atoms with van der Waals surface area (Å²) in [6.07, 6.45) is 2.80. The van der Waals surface area contributed by atoms with E-state index in [1.54, 1.807) is 6.92 Å². The fourth-order valence-electron chi connectivity index (χ4n) is 1.86. The van der Waals surface area contributed by atoms with Crippen LogP contribution in [0.5, 0.6) is 11.8 Å². The number of aromatic amines is 1. The van der Waals surface area contributed by atoms with Crippen molar-refractivity contribution >= 4 is 0 Å². The molecule has 0 unspecified atom stereocenters. The SMILES string of the molecule is [3H]n1ccc(OCc2c(-n3nnn(C)c3=O)cnnc2OCC)n1. The summed E-state index contributed by atoms with van der Waals surface area (Å²) in [6.45, 7) is 2.16. The van der Waals surface area contributed by atoms with Crippen LogP contribution in [0.25, 0.3) is 5.69 Å². The van der Waals surface area contributed by atoms with E-state index in [0.29, 0.717) is 17.9 Å². The van der Waals surface area contributed by atoms with E-state index >= 15 is 0 Å². The van der Waals surface area contributed by atoms with Gasteiger partial charge in [0.2, 0.25) is 11.8 Å². The Balaban J connectivity index is 2.00. The molecule has 3 heterocycles. The van der Waals surface area contributed by atoms with E-state index in [0.717, 1.165) is 14.5 Å². The Morgan fingerprint density at radius 1 is 1.39 bits per heavy atom. The maximum absolute atomic E-state index is 12.1. The molecule has 0 spiro atoms. The molecule has 23 heavy (non-hydrogen) atoms. The first-order valence-corrected chi connectivity index (χ1v) is 6.74. The van der Waals surface area contributed by atoms with Crippen LogP contribution in [0.15, 0.2) is 23.3 Å². The second-order valence-electron chi connectivity index (χ2n) is 4.40. The summed E-state index contributed by atoms with van der Waals surface area (Å²) in [5, 5.41) is 19.9. The lowest BCUT2D eigenvalue weighted by Gasteiger charge is -2.12. The highest BCUT2D eigenvalue weighted by Gasteiger charge is 2.18. The van der Waals surface area contributed by atoms with Crippen LogP contribution >= 0.6 is 0 Å². The van der Waals surface area contributed by atoms with Gasteiger partial charge in [0.05, 0.1) is 18.4 Å². The minimum Gasteiger partial charge on any atom is -0.477 e. The van der Waals surface area contributed by atoms with Gasteiger partial charge in [-0.25, -0.2) is 4.79 Å². The minimum absolute atomic E-state index is 0.000213. The van der Waals surface area contributed by atoms with Gasteiger partial charge in [0.25, 0.3) is 0 Å². The summed E-state index contributed by atoms with van der Waals surface area (Å²) in [7, 11) is 1.49. The van der Waals surface area contributed by atoms with Crippen LogP contribution in [0.1, 0.15) is 12.5 Å². The molecule has 0 saturated carbocycles. The van der Waals surface area contributed by atoms with Gasteiger partial charge < -0.3 is 9.47 Å². The van der Waals surface area contributed by atoms with Gasteiger partial charge in [-0.2, -0.15) is 14.5 Å². The first kappa shape index (κ1) is 13.4. The van der Waals surface area contributed by atoms with Crippen molar-refractivity contribution < 1.29 is 10.9 Å². The number of rotatable bonds is 6. The minimum atomic E-state index is -0.442. The summed E-state index contributed by atoms with van der Waals surface area (Å²) in [6, 6.07) is 1.54. The van der Waals surface area contributed by atoms with Crippen molar-refractivity contribution in [2.24, 2.45) is 7.05 Å². The van der Waals surface area contributed by atoms with E-state index in [9.17, 15) is 4.79 Å². The number of ether oxygens (including phenoxy) is 2. The van der Waals surface area contributed by atoms with Crippen LogP contribution in [0, 0.1) is 0 Å². The molecule has 0 aliphatic rings. The first-order chi connectivity index (χ1) is 11.6. The monoisotopic (exact) mass is 320 g/mol. The van der Waals surface area contributed by atoms with Gasteiger partial charge in [0.15, 0.2) is 1.41 Å². The molecule has 0 saturated heterocycles. The van der Waals surface area contributed by atoms with Gasteiger partial charge in [0, 0.05) is 19.3 Å². The Hall–Kier alpha value is -3.24. The summed E-state index contributed by atoms with van der Waals surface area (Å²) in [5.41, 5.74) is 0.368. The fourth-order valence-corrected chi connectivity index (χ4v) is 1.86. The van der Waals surface area contributed by atoms with E-state index < -0.39 is 5.69 Å². The lowest BCUT2D eigenvalue weighted by molar-refractivity contribution is 0.270. The molecular weight excluding hydrogens is 304 g/mol. The molecule has 0 atom stereocenters. The Kier molecular flexibility index (Phi) is 3.65. The van der Waals surface area contributed by atoms with Gasteiger partial charge in [0.1, 0.15) is 12.3 Å². The van der Waals surface area contributed by atoms with Crippen molar-refractivity contribution in [1.82, 2.24) is 40.2 Å². The Morgan fingerprint density at radius 3 is 2.91 bits per heavy atom. The van der Waals surface area contributed by atoms with Crippen molar-refractivity contribution in [2.45, 2.75) is 13.5 Å². The molecule has 0 bridgehead atoms. The smallest absolute Gasteiger partial charge is 0.368 e. The van der Waals surface area contributed by atoms with Gasteiger partial charge in [-0.3, -0.25) is 5.09 Å². The van der Waals surface area contributed by atoms with E-state index in [1.165, 1.54) is 25.5 Å². The van der Waals surface area contributed by atoms with Gasteiger partial charge in [-0.1, -0.05) is 0 Å². The van der Waals surface area contributed by atoms with Gasteiger partial charge >= 0.3 is 5.69 Å². The highest BCUT2D eigenvalue weighted by Crippen LogP contribution is 2.22. The highest BCUT2D eigenvalue weighted by molar-refractivity contribution is 5.42. The number of H-pyrrole nitrogens is 1. The number of aryl methyl sites for hydroxylation is 1. The highest BCUT2D eigenvalue weighted by atomic mass is 16.5. The van der Waals surface area contributed by atoms with E-state index in [2.05, 4.69) is 25.7 Å². The molecule has 120 valence electrons. The maximum Gasteiger partial charge on any atom is 0.368 e. The van der Waals surface area contributed by atoms with Gasteiger partial charge in [-0.15, -0.1) is 10.2 Å². The molecule has 0 aliphatic heterocycles. The second-order valence-corrected chi connectivity index (χ2v) is 4.40. The molecule has 3 aromatic rings.